The number of nitrogens with one attached hydrogen (secondary N) is 1. The fraction of sp³-hybridized carbons (Fsp3) is 0.586. The molecular weight excluding hydrogens is 486 g/mol. The highest BCUT2D eigenvalue weighted by Gasteiger charge is 2.49. The van der Waals surface area contributed by atoms with E-state index in [1.807, 2.05) is 6.92 Å². The third-order valence-corrected chi connectivity index (χ3v) is 8.52. The number of Topliss-reactive ketones (excluding diaryl/α,β-unsaturated/α-hetero) is 1. The van der Waals surface area contributed by atoms with E-state index < -0.39 is 0 Å². The molecule has 1 unspecified atom stereocenters. The molecule has 2 aliphatic heterocycles. The molecule has 0 saturated carbocycles. The zero-order chi connectivity index (χ0) is 25.5. The van der Waals surface area contributed by atoms with E-state index in [2.05, 4.69) is 82.8 Å². The summed E-state index contributed by atoms with van der Waals surface area (Å²) in [7, 11) is 0. The van der Waals surface area contributed by atoms with Crippen LogP contribution in [-0.4, -0.2) is 77.8 Å². The maximum atomic E-state index is 13.3. The Bertz CT molecular complexity index is 1030. The van der Waals surface area contributed by atoms with Crippen LogP contribution in [0.1, 0.15) is 50.5 Å². The number of ketones is 1. The summed E-state index contributed by atoms with van der Waals surface area (Å²) >= 11 is 8.56. The Kier molecular flexibility index (Phi) is 10.2. The molecule has 2 aromatic carbocycles. The molecule has 2 aromatic rings. The molecule has 1 N–H and O–H groups in total. The SMILES string of the molecule is CCC(=O)[C@@H]1[C@H]2CCC(C[C@H]1c1ccc3ccccc3c1)N2CCCN(CCS)CC(=O)NCCS. The molecular formula is C29H41N3O2S2. The van der Waals surface area contributed by atoms with Gasteiger partial charge < -0.3 is 5.32 Å². The zero-order valence-electron chi connectivity index (χ0n) is 21.4. The fourth-order valence-electron chi connectivity index (χ4n) is 6.46. The maximum Gasteiger partial charge on any atom is 0.234 e. The molecule has 4 atom stereocenters. The first-order valence-electron chi connectivity index (χ1n) is 13.5. The van der Waals surface area contributed by atoms with E-state index in [1.54, 1.807) is 0 Å². The molecule has 0 spiro atoms. The lowest BCUT2D eigenvalue weighted by atomic mass is 9.73. The van der Waals surface area contributed by atoms with Crippen LogP contribution in [0.4, 0.5) is 0 Å². The molecule has 1 amide bonds. The highest BCUT2D eigenvalue weighted by Crippen LogP contribution is 2.48. The summed E-state index contributed by atoms with van der Waals surface area (Å²) in [5, 5.41) is 5.43. The maximum absolute atomic E-state index is 13.3. The van der Waals surface area contributed by atoms with Crippen LogP contribution < -0.4 is 5.32 Å². The predicted octanol–water partition coefficient (Wildman–Crippen LogP) is 4.42. The van der Waals surface area contributed by atoms with E-state index in [9.17, 15) is 9.59 Å². The number of amides is 1. The van der Waals surface area contributed by atoms with Gasteiger partial charge in [0.2, 0.25) is 5.91 Å². The first-order chi connectivity index (χ1) is 17.5. The number of nitrogens with zero attached hydrogens (tertiary/aromatic N) is 2. The molecule has 0 radical (unpaired) electrons. The van der Waals surface area contributed by atoms with Crippen molar-refractivity contribution in [3.05, 3.63) is 48.0 Å². The summed E-state index contributed by atoms with van der Waals surface area (Å²) < 4.78 is 0. The molecule has 2 fully saturated rings. The highest BCUT2D eigenvalue weighted by atomic mass is 32.1. The van der Waals surface area contributed by atoms with Crippen LogP contribution in [0.2, 0.25) is 0 Å². The van der Waals surface area contributed by atoms with Crippen LogP contribution in [0, 0.1) is 5.92 Å². The second-order valence-electron chi connectivity index (χ2n) is 10.3. The summed E-state index contributed by atoms with van der Waals surface area (Å²) in [6.45, 7) is 5.66. The van der Waals surface area contributed by atoms with Gasteiger partial charge in [0.25, 0.3) is 0 Å². The van der Waals surface area contributed by atoms with Gasteiger partial charge >= 0.3 is 0 Å². The first-order valence-corrected chi connectivity index (χ1v) is 14.8. The van der Waals surface area contributed by atoms with Crippen molar-refractivity contribution in [2.45, 2.75) is 57.0 Å². The van der Waals surface area contributed by atoms with E-state index in [-0.39, 0.29) is 11.8 Å². The number of fused-ring (bicyclic) bond motifs is 3. The Balaban J connectivity index is 1.43. The number of thiol groups is 2. The number of rotatable bonds is 13. The zero-order valence-corrected chi connectivity index (χ0v) is 23.2. The third-order valence-electron chi connectivity index (χ3n) is 8.09. The Morgan fingerprint density at radius 3 is 2.61 bits per heavy atom. The van der Waals surface area contributed by atoms with Crippen molar-refractivity contribution in [2.75, 3.05) is 44.2 Å². The van der Waals surface area contributed by atoms with Crippen molar-refractivity contribution in [1.29, 1.82) is 0 Å². The summed E-state index contributed by atoms with van der Waals surface area (Å²) in [4.78, 5) is 30.4. The Hall–Kier alpha value is -1.54. The fourth-order valence-corrected chi connectivity index (χ4v) is 6.85. The standard InChI is InChI=1S/C29H41N3O2S2/c1-2-27(33)29-25(23-9-8-21-6-3-4-7-22(21)18-23)19-24-10-11-26(29)32(24)14-5-13-31(15-17-36)20-28(34)30-12-16-35/h3-4,6-9,18,24-26,29,35-36H,2,5,10-17,19-20H2,1H3,(H,30,34)/t24?,25-,26+,29-/m0/s1. The van der Waals surface area contributed by atoms with E-state index in [1.165, 1.54) is 22.8 Å². The van der Waals surface area contributed by atoms with Gasteiger partial charge in [0, 0.05) is 49.0 Å². The van der Waals surface area contributed by atoms with E-state index in [4.69, 9.17) is 0 Å². The molecule has 4 rings (SSSR count). The Morgan fingerprint density at radius 2 is 1.86 bits per heavy atom. The van der Waals surface area contributed by atoms with Gasteiger partial charge in [-0.1, -0.05) is 49.4 Å². The van der Waals surface area contributed by atoms with Crippen molar-refractivity contribution in [2.24, 2.45) is 5.92 Å². The average molecular weight is 528 g/mol. The van der Waals surface area contributed by atoms with Gasteiger partial charge in [0.15, 0.2) is 0 Å². The van der Waals surface area contributed by atoms with Gasteiger partial charge in [-0.05, 0) is 61.0 Å². The number of carbonyl (C=O) groups excluding carboxylic acids is 2. The van der Waals surface area contributed by atoms with Gasteiger partial charge in [-0.2, -0.15) is 25.3 Å². The molecule has 2 heterocycles. The molecule has 2 bridgehead atoms. The number of hydrogen-bond acceptors (Lipinski definition) is 6. The first kappa shape index (κ1) is 27.5. The smallest absolute Gasteiger partial charge is 0.234 e. The van der Waals surface area contributed by atoms with Gasteiger partial charge in [-0.25, -0.2) is 0 Å². The van der Waals surface area contributed by atoms with Crippen molar-refractivity contribution < 1.29 is 9.59 Å². The second kappa shape index (κ2) is 13.3. The molecule has 5 nitrogen and oxygen atoms in total. The van der Waals surface area contributed by atoms with Crippen LogP contribution >= 0.6 is 25.3 Å². The molecule has 2 aliphatic rings. The van der Waals surface area contributed by atoms with Crippen molar-refractivity contribution in [1.82, 2.24) is 15.1 Å². The topological polar surface area (TPSA) is 52.7 Å². The number of benzene rings is 2. The van der Waals surface area contributed by atoms with Crippen LogP contribution in [0.25, 0.3) is 10.8 Å². The molecule has 196 valence electrons. The summed E-state index contributed by atoms with van der Waals surface area (Å²) in [5.74, 6) is 2.20. The third kappa shape index (κ3) is 6.47. The van der Waals surface area contributed by atoms with Gasteiger partial charge in [0.05, 0.1) is 6.54 Å². The van der Waals surface area contributed by atoms with Crippen LogP contribution in [0.15, 0.2) is 42.5 Å². The highest BCUT2D eigenvalue weighted by molar-refractivity contribution is 7.80. The van der Waals surface area contributed by atoms with E-state index in [0.29, 0.717) is 49.0 Å². The lowest BCUT2D eigenvalue weighted by molar-refractivity contribution is -0.127. The van der Waals surface area contributed by atoms with Crippen molar-refractivity contribution in [3.63, 3.8) is 0 Å². The second-order valence-corrected chi connectivity index (χ2v) is 11.2. The average Bonchev–Trinajstić information content (AvgIpc) is 3.17. The summed E-state index contributed by atoms with van der Waals surface area (Å²) in [5.41, 5.74) is 1.32. The molecule has 2 saturated heterocycles. The van der Waals surface area contributed by atoms with Crippen LogP contribution in [0.3, 0.4) is 0 Å². The number of piperidine rings is 1. The number of hydrogen-bond donors (Lipinski definition) is 3. The molecule has 0 aliphatic carbocycles. The number of carbonyl (C=O) groups is 2. The largest absolute Gasteiger partial charge is 0.354 e. The minimum Gasteiger partial charge on any atom is -0.354 e. The van der Waals surface area contributed by atoms with Gasteiger partial charge in [-0.15, -0.1) is 0 Å². The lowest BCUT2D eigenvalue weighted by Gasteiger charge is -2.44. The summed E-state index contributed by atoms with van der Waals surface area (Å²) in [6, 6.07) is 16.1. The van der Waals surface area contributed by atoms with Gasteiger partial charge in [0.1, 0.15) is 5.78 Å². The minimum atomic E-state index is 0.0516. The van der Waals surface area contributed by atoms with E-state index in [0.717, 1.165) is 44.6 Å². The molecule has 0 aromatic heterocycles. The molecule has 7 heteroatoms. The predicted molar refractivity (Wildman–Crippen MR) is 155 cm³/mol. The van der Waals surface area contributed by atoms with Crippen LogP contribution in [-0.2, 0) is 9.59 Å². The van der Waals surface area contributed by atoms with Crippen LogP contribution in [0.5, 0.6) is 0 Å². The minimum absolute atomic E-state index is 0.0516. The van der Waals surface area contributed by atoms with Crippen molar-refractivity contribution >= 4 is 47.7 Å². The van der Waals surface area contributed by atoms with Gasteiger partial charge in [-0.3, -0.25) is 19.4 Å². The monoisotopic (exact) mass is 527 g/mol. The molecule has 36 heavy (non-hydrogen) atoms. The Morgan fingerprint density at radius 1 is 1.06 bits per heavy atom. The normalized spacial score (nSPS) is 23.9. The summed E-state index contributed by atoms with van der Waals surface area (Å²) in [6.07, 6.45) is 4.93. The quantitative estimate of drug-likeness (QED) is 0.338. The lowest BCUT2D eigenvalue weighted by Crippen LogP contribution is -2.51. The Labute approximate surface area is 227 Å². The van der Waals surface area contributed by atoms with E-state index >= 15 is 0 Å². The van der Waals surface area contributed by atoms with Crippen molar-refractivity contribution in [3.8, 4) is 0 Å².